The van der Waals surface area contributed by atoms with Gasteiger partial charge in [0.15, 0.2) is 15.3 Å². The van der Waals surface area contributed by atoms with Gasteiger partial charge < -0.3 is 19.5 Å². The Bertz CT molecular complexity index is 1920. The second-order valence-corrected chi connectivity index (χ2v) is 14.4. The van der Waals surface area contributed by atoms with Crippen molar-refractivity contribution in [2.45, 2.75) is 45.3 Å². The maximum absolute atomic E-state index is 13.5. The first kappa shape index (κ1) is 32.7. The number of halogens is 2. The van der Waals surface area contributed by atoms with Crippen LogP contribution in [0.15, 0.2) is 70.8 Å². The lowest BCUT2D eigenvalue weighted by atomic mass is 10.1. The predicted molar refractivity (Wildman–Crippen MR) is 178 cm³/mol. The van der Waals surface area contributed by atoms with Gasteiger partial charge in [-0.05, 0) is 71.2 Å². The normalized spacial score (nSPS) is 13.0. The van der Waals surface area contributed by atoms with Crippen molar-refractivity contribution in [2.75, 3.05) is 18.2 Å². The summed E-state index contributed by atoms with van der Waals surface area (Å²) in [6.07, 6.45) is 1.58. The molecule has 2 heterocycles. The third-order valence-corrected chi connectivity index (χ3v) is 10.6. The minimum Gasteiger partial charge on any atom is -0.496 e. The largest absolute Gasteiger partial charge is 0.496 e. The third-order valence-electron chi connectivity index (χ3n) is 7.14. The standard InChI is InChI=1S/C32H32BrFN4O5S2/c1-5-28(43-19(3)45(39,40)6-2)32-38-27(17-44-32)23-14-24-26(15-30(23)41-4)35-18-36-31(24)37-22-10-11-29(25(33)13-22)42-16-20-8-7-9-21(34)12-20/h7-15,17-19,28H,5-6,16H2,1-4H3,(H,35,36,37). The number of hydrogen-bond acceptors (Lipinski definition) is 10. The molecule has 13 heteroatoms. The van der Waals surface area contributed by atoms with E-state index in [4.69, 9.17) is 19.2 Å². The van der Waals surface area contributed by atoms with Crippen LogP contribution in [0.2, 0.25) is 0 Å². The van der Waals surface area contributed by atoms with Gasteiger partial charge in [-0.25, -0.2) is 27.8 Å². The third kappa shape index (κ3) is 7.60. The Labute approximate surface area is 273 Å². The van der Waals surface area contributed by atoms with Crippen molar-refractivity contribution in [1.82, 2.24) is 15.0 Å². The molecule has 0 saturated heterocycles. The predicted octanol–water partition coefficient (Wildman–Crippen LogP) is 8.23. The SMILES string of the molecule is CCC(OC(C)S(=O)(=O)CC)c1nc(-c2cc3c(Nc4ccc(OCc5cccc(F)c5)c(Br)c4)ncnc3cc2OC)cs1. The molecule has 236 valence electrons. The fourth-order valence-corrected chi connectivity index (χ4v) is 6.81. The molecule has 0 aliphatic carbocycles. The molecule has 0 aliphatic heterocycles. The molecule has 0 amide bonds. The lowest BCUT2D eigenvalue weighted by Gasteiger charge is -2.19. The fraction of sp³-hybridized carbons (Fsp3) is 0.281. The van der Waals surface area contributed by atoms with Gasteiger partial charge in [0.05, 0.1) is 22.8 Å². The highest BCUT2D eigenvalue weighted by Crippen LogP contribution is 2.39. The Morgan fingerprint density at radius 3 is 2.60 bits per heavy atom. The van der Waals surface area contributed by atoms with Crippen LogP contribution in [0.4, 0.5) is 15.9 Å². The number of rotatable bonds is 13. The number of fused-ring (bicyclic) bond motifs is 1. The molecule has 0 spiro atoms. The summed E-state index contributed by atoms with van der Waals surface area (Å²) >= 11 is 4.98. The van der Waals surface area contributed by atoms with Gasteiger partial charge in [0.25, 0.3) is 0 Å². The maximum atomic E-state index is 13.5. The van der Waals surface area contributed by atoms with Crippen LogP contribution in [0.25, 0.3) is 22.2 Å². The minimum absolute atomic E-state index is 0.00584. The molecule has 0 radical (unpaired) electrons. The number of methoxy groups -OCH3 is 1. The van der Waals surface area contributed by atoms with E-state index in [2.05, 4.69) is 31.2 Å². The molecule has 0 fully saturated rings. The zero-order valence-electron chi connectivity index (χ0n) is 25.1. The Hall–Kier alpha value is -3.65. The highest BCUT2D eigenvalue weighted by atomic mass is 79.9. The number of hydrogen-bond donors (Lipinski definition) is 1. The van der Waals surface area contributed by atoms with E-state index in [0.717, 1.165) is 22.2 Å². The molecule has 3 aromatic carbocycles. The summed E-state index contributed by atoms with van der Waals surface area (Å²) in [5.41, 5.74) is 2.62. The molecule has 5 rings (SSSR count). The van der Waals surface area contributed by atoms with Crippen molar-refractivity contribution in [2.24, 2.45) is 0 Å². The molecule has 5 aromatic rings. The lowest BCUT2D eigenvalue weighted by Crippen LogP contribution is -2.24. The average molecular weight is 716 g/mol. The van der Waals surface area contributed by atoms with Crippen molar-refractivity contribution in [3.05, 3.63) is 87.2 Å². The average Bonchev–Trinajstić information content (AvgIpc) is 3.52. The summed E-state index contributed by atoms with van der Waals surface area (Å²) in [5, 5.41) is 6.69. The van der Waals surface area contributed by atoms with Crippen molar-refractivity contribution in [1.29, 1.82) is 0 Å². The highest BCUT2D eigenvalue weighted by Gasteiger charge is 2.26. The van der Waals surface area contributed by atoms with Crippen LogP contribution in [-0.4, -0.2) is 41.7 Å². The summed E-state index contributed by atoms with van der Waals surface area (Å²) in [7, 11) is -1.77. The summed E-state index contributed by atoms with van der Waals surface area (Å²) in [6.45, 7) is 5.33. The number of nitrogens with one attached hydrogen (secondary N) is 1. The van der Waals surface area contributed by atoms with E-state index in [1.165, 1.54) is 29.8 Å². The number of anilines is 2. The van der Waals surface area contributed by atoms with Gasteiger partial charge >= 0.3 is 0 Å². The number of benzene rings is 3. The van der Waals surface area contributed by atoms with Crippen LogP contribution in [0.3, 0.4) is 0 Å². The maximum Gasteiger partial charge on any atom is 0.176 e. The van der Waals surface area contributed by atoms with Crippen LogP contribution < -0.4 is 14.8 Å². The molecule has 0 saturated carbocycles. The molecule has 0 bridgehead atoms. The first-order chi connectivity index (χ1) is 21.6. The van der Waals surface area contributed by atoms with Crippen LogP contribution in [0.1, 0.15) is 43.9 Å². The first-order valence-corrected chi connectivity index (χ1v) is 17.6. The highest BCUT2D eigenvalue weighted by molar-refractivity contribution is 9.10. The number of thiazole rings is 1. The van der Waals surface area contributed by atoms with Gasteiger partial charge in [0.1, 0.15) is 47.2 Å². The smallest absolute Gasteiger partial charge is 0.176 e. The number of nitrogens with zero attached hydrogens (tertiary/aromatic N) is 3. The van der Waals surface area contributed by atoms with E-state index >= 15 is 0 Å². The van der Waals surface area contributed by atoms with Crippen LogP contribution in [-0.2, 0) is 21.2 Å². The zero-order chi connectivity index (χ0) is 32.1. The van der Waals surface area contributed by atoms with Gasteiger partial charge in [-0.3, -0.25) is 0 Å². The summed E-state index contributed by atoms with van der Waals surface area (Å²) < 4.78 is 56.4. The summed E-state index contributed by atoms with van der Waals surface area (Å²) in [5.74, 6) is 1.47. The van der Waals surface area contributed by atoms with E-state index in [9.17, 15) is 12.8 Å². The molecule has 2 unspecified atom stereocenters. The fourth-order valence-electron chi connectivity index (χ4n) is 4.61. The van der Waals surface area contributed by atoms with E-state index < -0.39 is 21.4 Å². The van der Waals surface area contributed by atoms with Crippen LogP contribution in [0.5, 0.6) is 11.5 Å². The van der Waals surface area contributed by atoms with Crippen LogP contribution >= 0.6 is 27.3 Å². The molecule has 2 aromatic heterocycles. The Morgan fingerprint density at radius 2 is 1.89 bits per heavy atom. The topological polar surface area (TPSA) is 113 Å². The molecule has 0 aliphatic rings. The molecule has 9 nitrogen and oxygen atoms in total. The summed E-state index contributed by atoms with van der Waals surface area (Å²) in [4.78, 5) is 13.8. The Kier molecular flexibility index (Phi) is 10.3. The van der Waals surface area contributed by atoms with Crippen LogP contribution in [0, 0.1) is 5.82 Å². The minimum atomic E-state index is -3.35. The molecular weight excluding hydrogens is 683 g/mol. The quantitative estimate of drug-likeness (QED) is 0.129. The number of ether oxygens (including phenoxy) is 3. The molecular formula is C32H32BrFN4O5S2. The Balaban J connectivity index is 1.40. The Morgan fingerprint density at radius 1 is 1.07 bits per heavy atom. The van der Waals surface area contributed by atoms with E-state index in [-0.39, 0.29) is 18.2 Å². The van der Waals surface area contributed by atoms with E-state index in [1.807, 2.05) is 42.6 Å². The van der Waals surface area contributed by atoms with Crippen molar-refractivity contribution >= 4 is 59.5 Å². The van der Waals surface area contributed by atoms with Gasteiger partial charge in [-0.15, -0.1) is 11.3 Å². The van der Waals surface area contributed by atoms with Crippen molar-refractivity contribution < 1.29 is 27.0 Å². The van der Waals surface area contributed by atoms with Gasteiger partial charge in [-0.1, -0.05) is 26.0 Å². The molecule has 45 heavy (non-hydrogen) atoms. The molecule has 2 atom stereocenters. The zero-order valence-corrected chi connectivity index (χ0v) is 28.3. The number of aromatic nitrogens is 3. The van der Waals surface area contributed by atoms with Gasteiger partial charge in [0.2, 0.25) is 0 Å². The van der Waals surface area contributed by atoms with Crippen molar-refractivity contribution in [3.63, 3.8) is 0 Å². The molecule has 1 N–H and O–H groups in total. The van der Waals surface area contributed by atoms with E-state index in [0.29, 0.717) is 44.4 Å². The second-order valence-electron chi connectivity index (χ2n) is 10.1. The second kappa shape index (κ2) is 14.2. The first-order valence-electron chi connectivity index (χ1n) is 14.2. The van der Waals surface area contributed by atoms with E-state index in [1.54, 1.807) is 33.1 Å². The van der Waals surface area contributed by atoms with Crippen molar-refractivity contribution in [3.8, 4) is 22.8 Å². The number of sulfone groups is 1. The monoisotopic (exact) mass is 714 g/mol. The summed E-state index contributed by atoms with van der Waals surface area (Å²) in [6, 6.07) is 15.6. The lowest BCUT2D eigenvalue weighted by molar-refractivity contribution is 0.0353. The van der Waals surface area contributed by atoms with Gasteiger partial charge in [-0.2, -0.15) is 0 Å². The van der Waals surface area contributed by atoms with Gasteiger partial charge in [0, 0.05) is 33.8 Å².